The van der Waals surface area contributed by atoms with Crippen molar-refractivity contribution in [1.82, 2.24) is 14.8 Å². The molecule has 1 aromatic carbocycles. The lowest BCUT2D eigenvalue weighted by molar-refractivity contribution is -0.132. The van der Waals surface area contributed by atoms with Gasteiger partial charge >= 0.3 is 0 Å². The topological polar surface area (TPSA) is 36.4 Å². The molecule has 1 unspecified atom stereocenters. The quantitative estimate of drug-likeness (QED) is 0.791. The van der Waals surface area contributed by atoms with Gasteiger partial charge in [0.05, 0.1) is 5.01 Å². The Morgan fingerprint density at radius 2 is 1.96 bits per heavy atom. The van der Waals surface area contributed by atoms with Crippen LogP contribution in [0.1, 0.15) is 47.6 Å². The van der Waals surface area contributed by atoms with Gasteiger partial charge in [-0.15, -0.1) is 11.3 Å². The molecule has 3 heterocycles. The van der Waals surface area contributed by atoms with Gasteiger partial charge in [0.2, 0.25) is 5.91 Å². The van der Waals surface area contributed by atoms with Crippen LogP contribution in [-0.4, -0.2) is 39.3 Å². The summed E-state index contributed by atoms with van der Waals surface area (Å²) in [4.78, 5) is 22.9. The minimum atomic E-state index is -0.232. The Labute approximate surface area is 164 Å². The molecule has 0 saturated carbocycles. The molecule has 2 aliphatic rings. The maximum atomic E-state index is 13.2. The predicted molar refractivity (Wildman–Crippen MR) is 105 cm³/mol. The van der Waals surface area contributed by atoms with Crippen LogP contribution in [0.15, 0.2) is 30.5 Å². The molecule has 2 aromatic rings. The van der Waals surface area contributed by atoms with E-state index in [2.05, 4.69) is 14.8 Å². The molecule has 4 nitrogen and oxygen atoms in total. The van der Waals surface area contributed by atoms with Crippen LogP contribution >= 0.6 is 11.3 Å². The van der Waals surface area contributed by atoms with Gasteiger partial charge in [0.1, 0.15) is 5.82 Å². The third-order valence-corrected chi connectivity index (χ3v) is 6.89. The summed E-state index contributed by atoms with van der Waals surface area (Å²) in [6.07, 6.45) is 6.73. The molecule has 1 spiro atoms. The first-order valence-electron chi connectivity index (χ1n) is 9.73. The fourth-order valence-electron chi connectivity index (χ4n) is 4.51. The minimum Gasteiger partial charge on any atom is -0.333 e. The highest BCUT2D eigenvalue weighted by Crippen LogP contribution is 2.40. The van der Waals surface area contributed by atoms with Gasteiger partial charge in [0.15, 0.2) is 0 Å². The molecule has 4 rings (SSSR count). The second-order valence-electron chi connectivity index (χ2n) is 7.81. The lowest BCUT2D eigenvalue weighted by Crippen LogP contribution is -2.45. The van der Waals surface area contributed by atoms with Gasteiger partial charge in [-0.2, -0.15) is 0 Å². The molecule has 2 aliphatic heterocycles. The lowest BCUT2D eigenvalue weighted by Gasteiger charge is -2.38. The second kappa shape index (κ2) is 7.68. The Bertz CT molecular complexity index is 806. The predicted octanol–water partition coefficient (Wildman–Crippen LogP) is 4.14. The summed E-state index contributed by atoms with van der Waals surface area (Å²) in [5.74, 6) is 0.00970. The highest BCUT2D eigenvalue weighted by atomic mass is 32.1. The van der Waals surface area contributed by atoms with Crippen molar-refractivity contribution in [3.8, 4) is 0 Å². The Kier molecular flexibility index (Phi) is 5.28. The molecule has 0 aliphatic carbocycles. The fraction of sp³-hybridized carbons (Fsp3) is 0.524. The van der Waals surface area contributed by atoms with Gasteiger partial charge in [0, 0.05) is 42.7 Å². The Morgan fingerprint density at radius 3 is 2.70 bits per heavy atom. The van der Waals surface area contributed by atoms with Crippen molar-refractivity contribution in [3.05, 3.63) is 51.7 Å². The van der Waals surface area contributed by atoms with Gasteiger partial charge < -0.3 is 4.90 Å². The molecule has 1 atom stereocenters. The van der Waals surface area contributed by atoms with Crippen LogP contribution in [0.5, 0.6) is 0 Å². The smallest absolute Gasteiger partial charge is 0.223 e. The average Bonchev–Trinajstić information content (AvgIpc) is 3.11. The van der Waals surface area contributed by atoms with Crippen LogP contribution in [0, 0.1) is 12.7 Å². The van der Waals surface area contributed by atoms with Gasteiger partial charge in [-0.25, -0.2) is 9.37 Å². The normalized spacial score (nSPS) is 23.9. The number of aryl methyl sites for hydroxylation is 1. The van der Waals surface area contributed by atoms with Crippen molar-refractivity contribution >= 4 is 17.2 Å². The summed E-state index contributed by atoms with van der Waals surface area (Å²) < 4.78 is 13.2. The van der Waals surface area contributed by atoms with Crippen LogP contribution in [0.25, 0.3) is 0 Å². The Hall–Kier alpha value is -1.79. The summed E-state index contributed by atoms with van der Waals surface area (Å²) in [7, 11) is 0. The molecule has 0 radical (unpaired) electrons. The molecule has 6 heteroatoms. The summed E-state index contributed by atoms with van der Waals surface area (Å²) in [6, 6.07) is 6.55. The van der Waals surface area contributed by atoms with Crippen LogP contribution in [0.4, 0.5) is 4.39 Å². The lowest BCUT2D eigenvalue weighted by atomic mass is 9.87. The summed E-state index contributed by atoms with van der Waals surface area (Å²) in [5.41, 5.74) is 0.969. The molecule has 27 heavy (non-hydrogen) atoms. The molecule has 1 amide bonds. The molecule has 1 aromatic heterocycles. The highest BCUT2D eigenvalue weighted by Gasteiger charge is 2.45. The van der Waals surface area contributed by atoms with E-state index >= 15 is 0 Å². The second-order valence-corrected chi connectivity index (χ2v) is 9.13. The van der Waals surface area contributed by atoms with E-state index in [4.69, 9.17) is 0 Å². The Balaban J connectivity index is 1.45. The molecule has 0 bridgehead atoms. The van der Waals surface area contributed by atoms with Gasteiger partial charge in [-0.1, -0.05) is 12.1 Å². The molecule has 0 N–H and O–H groups in total. The van der Waals surface area contributed by atoms with Crippen molar-refractivity contribution in [1.29, 1.82) is 0 Å². The first-order chi connectivity index (χ1) is 13.0. The zero-order chi connectivity index (χ0) is 18.9. The van der Waals surface area contributed by atoms with Crippen molar-refractivity contribution in [2.75, 3.05) is 13.1 Å². The van der Waals surface area contributed by atoms with E-state index in [1.54, 1.807) is 23.5 Å². The number of carbonyl (C=O) groups excluding carboxylic acids is 1. The van der Waals surface area contributed by atoms with E-state index in [0.29, 0.717) is 13.0 Å². The van der Waals surface area contributed by atoms with Gasteiger partial charge in [-0.05, 0) is 56.8 Å². The van der Waals surface area contributed by atoms with Gasteiger partial charge in [-0.3, -0.25) is 9.69 Å². The van der Waals surface area contributed by atoms with Crippen molar-refractivity contribution < 1.29 is 9.18 Å². The van der Waals surface area contributed by atoms with E-state index in [0.717, 1.165) is 55.9 Å². The molecular formula is C21H26FN3OS. The maximum Gasteiger partial charge on any atom is 0.223 e. The monoisotopic (exact) mass is 387 g/mol. The number of likely N-dealkylation sites (tertiary alicyclic amines) is 2. The van der Waals surface area contributed by atoms with E-state index in [1.165, 1.54) is 17.0 Å². The summed E-state index contributed by atoms with van der Waals surface area (Å²) in [6.45, 7) is 5.66. The number of aromatic nitrogens is 1. The maximum absolute atomic E-state index is 13.2. The third-order valence-electron chi connectivity index (χ3n) is 5.99. The number of halogens is 1. The van der Waals surface area contributed by atoms with Crippen molar-refractivity contribution in [3.63, 3.8) is 0 Å². The van der Waals surface area contributed by atoms with Gasteiger partial charge in [0.25, 0.3) is 0 Å². The zero-order valence-electron chi connectivity index (χ0n) is 15.8. The largest absolute Gasteiger partial charge is 0.333 e. The average molecular weight is 388 g/mol. The van der Waals surface area contributed by atoms with Crippen LogP contribution < -0.4 is 0 Å². The summed E-state index contributed by atoms with van der Waals surface area (Å²) in [5, 5.41) is 1.11. The van der Waals surface area contributed by atoms with E-state index in [-0.39, 0.29) is 17.3 Å². The van der Waals surface area contributed by atoms with Crippen LogP contribution in [0.2, 0.25) is 0 Å². The number of thiazole rings is 1. The number of amides is 1. The van der Waals surface area contributed by atoms with E-state index in [1.807, 2.05) is 13.1 Å². The van der Waals surface area contributed by atoms with Crippen molar-refractivity contribution in [2.24, 2.45) is 0 Å². The van der Waals surface area contributed by atoms with E-state index in [9.17, 15) is 9.18 Å². The molecule has 144 valence electrons. The van der Waals surface area contributed by atoms with Crippen LogP contribution in [0.3, 0.4) is 0 Å². The van der Waals surface area contributed by atoms with Crippen molar-refractivity contribution in [2.45, 2.75) is 57.7 Å². The minimum absolute atomic E-state index is 0.0379. The zero-order valence-corrected chi connectivity index (χ0v) is 16.6. The standard InChI is InChI=1S/C21H26FN3OS/c1-16-23-13-19(27-16)15-24-11-2-8-21(10-12-24)9-7-20(26)25(21)14-17-3-5-18(22)6-4-17/h3-6,13H,2,7-12,14-15H2,1H3. The number of hydrogen-bond acceptors (Lipinski definition) is 4. The highest BCUT2D eigenvalue weighted by molar-refractivity contribution is 7.11. The summed E-state index contributed by atoms with van der Waals surface area (Å²) >= 11 is 1.77. The number of carbonyl (C=O) groups is 1. The number of hydrogen-bond donors (Lipinski definition) is 0. The first kappa shape index (κ1) is 18.6. The Morgan fingerprint density at radius 1 is 1.15 bits per heavy atom. The SMILES string of the molecule is Cc1ncc(CN2CCCC3(CCC(=O)N3Cc3ccc(F)cc3)CC2)s1. The fourth-order valence-corrected chi connectivity index (χ4v) is 5.35. The molecule has 2 fully saturated rings. The van der Waals surface area contributed by atoms with E-state index < -0.39 is 0 Å². The molecular weight excluding hydrogens is 361 g/mol. The number of benzene rings is 1. The third kappa shape index (κ3) is 4.06. The van der Waals surface area contributed by atoms with Crippen LogP contribution in [-0.2, 0) is 17.9 Å². The first-order valence-corrected chi connectivity index (χ1v) is 10.5. The molecule has 2 saturated heterocycles. The number of nitrogens with zero attached hydrogens (tertiary/aromatic N) is 3. The number of rotatable bonds is 4.